The molecule has 0 aromatic heterocycles. The Bertz CT molecular complexity index is 1190. The molecule has 0 nitrogen and oxygen atoms in total. The molecule has 0 fully saturated rings. The van der Waals surface area contributed by atoms with Crippen LogP contribution in [0.4, 0.5) is 35.1 Å². The van der Waals surface area contributed by atoms with Crippen LogP contribution in [0.5, 0.6) is 0 Å². The second-order valence-corrected chi connectivity index (χ2v) is 10.3. The molecule has 4 aromatic carbocycles. The fourth-order valence-corrected chi connectivity index (χ4v) is 5.94. The van der Waals surface area contributed by atoms with E-state index in [0.717, 1.165) is 0 Å². The highest BCUT2D eigenvalue weighted by Gasteiger charge is 2.34. The molecule has 0 spiro atoms. The van der Waals surface area contributed by atoms with Crippen molar-refractivity contribution in [2.75, 3.05) is 0 Å². The summed E-state index contributed by atoms with van der Waals surface area (Å²) in [6, 6.07) is 16.9. The summed E-state index contributed by atoms with van der Waals surface area (Å²) in [6.07, 6.45) is -2.76. The van der Waals surface area contributed by atoms with Gasteiger partial charge in [-0.15, -0.1) is 0 Å². The second-order valence-electron chi connectivity index (χ2n) is 10.3. The molecule has 0 atom stereocenters. The highest BCUT2D eigenvalue weighted by atomic mass is 19.2. The van der Waals surface area contributed by atoms with Gasteiger partial charge in [-0.05, 0) is 44.5 Å². The Morgan fingerprint density at radius 1 is 0.268 bits per heavy atom. The van der Waals surface area contributed by atoms with Crippen LogP contribution < -0.4 is 21.9 Å². The Kier molecular flexibility index (Phi) is 9.89. The molecule has 0 amide bonds. The van der Waals surface area contributed by atoms with E-state index >= 15 is 0 Å². The van der Waals surface area contributed by atoms with Gasteiger partial charge < -0.3 is 0 Å². The zero-order chi connectivity index (χ0) is 29.6. The monoisotopic (exact) mass is 575 g/mol. The molecule has 0 aliphatic carbocycles. The molecule has 0 saturated heterocycles. The molecule has 0 radical (unpaired) electrons. The Morgan fingerprint density at radius 2 is 0.415 bits per heavy atom. The van der Waals surface area contributed by atoms with Gasteiger partial charge in [0.25, 0.3) is 0 Å². The molecule has 0 unspecified atom stereocenters. The molecule has 0 heterocycles. The van der Waals surface area contributed by atoms with Gasteiger partial charge in [-0.3, -0.25) is 0 Å². The maximum absolute atomic E-state index is 14.1. The number of halogens is 8. The first-order chi connectivity index (χ1) is 19.9. The van der Waals surface area contributed by atoms with Crippen molar-refractivity contribution < 1.29 is 35.1 Å². The number of rotatable bonds is 12. The number of hydrogen-bond donors (Lipinski definition) is 0. The van der Waals surface area contributed by atoms with Crippen LogP contribution in [-0.2, 0) is 53.4 Å². The molecule has 41 heavy (non-hydrogen) atoms. The van der Waals surface area contributed by atoms with Crippen molar-refractivity contribution in [2.24, 2.45) is 0 Å². The molecule has 0 aliphatic heterocycles. The van der Waals surface area contributed by atoms with E-state index in [2.05, 4.69) is 0 Å². The quantitative estimate of drug-likeness (QED) is 0.129. The van der Waals surface area contributed by atoms with E-state index < -0.39 is 59.5 Å². The lowest BCUT2D eigenvalue weighted by Crippen LogP contribution is -2.75. The smallest absolute Gasteiger partial charge is 0.114 e. The number of benzene rings is 4. The van der Waals surface area contributed by atoms with Crippen molar-refractivity contribution in [1.29, 1.82) is 0 Å². The van der Waals surface area contributed by atoms with Gasteiger partial charge in [-0.2, -0.15) is 21.9 Å². The van der Waals surface area contributed by atoms with Gasteiger partial charge >= 0.3 is 0 Å². The zero-order valence-corrected chi connectivity index (χ0v) is 22.2. The average Bonchev–Trinajstić information content (AvgIpc) is 3.04. The minimum atomic E-state index is -2.76. The van der Waals surface area contributed by atoms with Gasteiger partial charge in [0.2, 0.25) is 0 Å². The number of alkyl halides is 8. The maximum Gasteiger partial charge on any atom is 0.114 e. The van der Waals surface area contributed by atoms with Crippen LogP contribution >= 0.6 is 0 Å². The Balaban J connectivity index is 2.32. The van der Waals surface area contributed by atoms with Crippen LogP contribution in [-0.4, -0.2) is 6.15 Å². The molecule has 0 N–H and O–H groups in total. The van der Waals surface area contributed by atoms with E-state index in [1.165, 1.54) is 72.8 Å². The van der Waals surface area contributed by atoms with Gasteiger partial charge in [0, 0.05) is 0 Å². The third-order valence-corrected chi connectivity index (χ3v) is 7.53. The minimum Gasteiger partial charge on any atom is -0.246 e. The first-order valence-corrected chi connectivity index (χ1v) is 13.0. The van der Waals surface area contributed by atoms with Crippen molar-refractivity contribution in [1.82, 2.24) is 0 Å². The molecule has 216 valence electrons. The summed E-state index contributed by atoms with van der Waals surface area (Å²) in [6.45, 7) is -7.83. The predicted molar refractivity (Wildman–Crippen MR) is 149 cm³/mol. The third-order valence-electron chi connectivity index (χ3n) is 7.53. The van der Waals surface area contributed by atoms with Crippen molar-refractivity contribution in [3.63, 3.8) is 0 Å². The summed E-state index contributed by atoms with van der Waals surface area (Å²) < 4.78 is 113. The summed E-state index contributed by atoms with van der Waals surface area (Å²) in [5, 5.41) is 0. The molecule has 0 aliphatic rings. The van der Waals surface area contributed by atoms with Gasteiger partial charge in [0.15, 0.2) is 0 Å². The van der Waals surface area contributed by atoms with E-state index in [0.29, 0.717) is 0 Å². The van der Waals surface area contributed by atoms with Crippen LogP contribution in [0.2, 0.25) is 0 Å². The maximum atomic E-state index is 14.1. The lowest BCUT2D eigenvalue weighted by molar-refractivity contribution is 0.475. The summed E-state index contributed by atoms with van der Waals surface area (Å²) in [4.78, 5) is 0. The largest absolute Gasteiger partial charge is 0.246 e. The average molecular weight is 575 g/mol. The molecular weight excluding hydrogens is 547 g/mol. The topological polar surface area (TPSA) is 0 Å². The summed E-state index contributed by atoms with van der Waals surface area (Å²) in [5.41, 5.74) is 1.77. The van der Waals surface area contributed by atoms with E-state index in [1.54, 1.807) is 0 Å². The molecular formula is C32H28BF8-. The van der Waals surface area contributed by atoms with Gasteiger partial charge in [0.1, 0.15) is 59.5 Å². The fourth-order valence-electron chi connectivity index (χ4n) is 5.94. The van der Waals surface area contributed by atoms with E-state index in [-0.39, 0.29) is 66.4 Å². The van der Waals surface area contributed by atoms with E-state index in [4.69, 9.17) is 0 Å². The predicted octanol–water partition coefficient (Wildman–Crippen LogP) is 6.82. The van der Waals surface area contributed by atoms with E-state index in [9.17, 15) is 35.1 Å². The van der Waals surface area contributed by atoms with Gasteiger partial charge in [-0.1, -0.05) is 72.8 Å². The SMILES string of the molecule is FCc1cc(CF)cc([B-](c2cc(CF)cc(CF)c2)(c2cc(CF)cc(CF)c2)c2cc(CF)cc(CF)c2)c1. The van der Waals surface area contributed by atoms with E-state index in [1.807, 2.05) is 0 Å². The molecule has 0 bridgehead atoms. The van der Waals surface area contributed by atoms with Gasteiger partial charge in [0.05, 0.1) is 0 Å². The van der Waals surface area contributed by atoms with Crippen molar-refractivity contribution in [3.8, 4) is 0 Å². The third kappa shape index (κ3) is 6.04. The molecule has 9 heteroatoms. The van der Waals surface area contributed by atoms with Crippen molar-refractivity contribution in [3.05, 3.63) is 117 Å². The van der Waals surface area contributed by atoms with Crippen LogP contribution in [0, 0.1) is 0 Å². The fraction of sp³-hybridized carbons (Fsp3) is 0.250. The normalized spacial score (nSPS) is 11.7. The van der Waals surface area contributed by atoms with Crippen LogP contribution in [0.15, 0.2) is 72.8 Å². The summed E-state index contributed by atoms with van der Waals surface area (Å²) >= 11 is 0. The number of hydrogen-bond acceptors (Lipinski definition) is 0. The second kappa shape index (κ2) is 13.4. The zero-order valence-electron chi connectivity index (χ0n) is 22.2. The highest BCUT2D eigenvalue weighted by molar-refractivity contribution is 7.20. The van der Waals surface area contributed by atoms with Crippen LogP contribution in [0.1, 0.15) is 44.5 Å². The minimum absolute atomic E-state index is 0.0912. The Morgan fingerprint density at radius 3 is 0.537 bits per heavy atom. The first kappa shape index (κ1) is 30.3. The lowest BCUT2D eigenvalue weighted by atomic mass is 9.12. The highest BCUT2D eigenvalue weighted by Crippen LogP contribution is 2.21. The molecule has 4 rings (SSSR count). The van der Waals surface area contributed by atoms with Crippen molar-refractivity contribution in [2.45, 2.75) is 53.4 Å². The van der Waals surface area contributed by atoms with Crippen LogP contribution in [0.3, 0.4) is 0 Å². The van der Waals surface area contributed by atoms with Crippen molar-refractivity contribution >= 4 is 28.0 Å². The Labute approximate surface area is 234 Å². The first-order valence-electron chi connectivity index (χ1n) is 13.0. The molecule has 4 aromatic rings. The lowest BCUT2D eigenvalue weighted by Gasteiger charge is -2.46. The summed E-state index contributed by atoms with van der Waals surface area (Å²) in [5.74, 6) is 0. The van der Waals surface area contributed by atoms with Gasteiger partial charge in [-0.25, -0.2) is 35.1 Å². The Hall–Kier alpha value is -3.62. The van der Waals surface area contributed by atoms with Crippen LogP contribution in [0.25, 0.3) is 0 Å². The summed E-state index contributed by atoms with van der Waals surface area (Å²) in [7, 11) is 0. The molecule has 0 saturated carbocycles. The standard InChI is InChI=1S/C32H28BF8/c34-13-21-1-22(14-35)6-29(5-21)33(30-7-23(15-36)2-24(8-30)16-37,31-9-25(17-38)3-26(10-31)18-39)32-11-27(19-40)4-28(12-32)20-41/h1-12H,13-20H2/q-1.